The van der Waals surface area contributed by atoms with Crippen molar-refractivity contribution in [1.82, 2.24) is 9.88 Å². The zero-order chi connectivity index (χ0) is 14.0. The smallest absolute Gasteiger partial charge is 0.129 e. The van der Waals surface area contributed by atoms with Crippen LogP contribution in [0, 0.1) is 0 Å². The maximum atomic E-state index is 5.67. The Kier molecular flexibility index (Phi) is 4.06. The van der Waals surface area contributed by atoms with Gasteiger partial charge in [-0.15, -0.1) is 0 Å². The fraction of sp³-hybridized carbons (Fsp3) is 0.571. The minimum absolute atomic E-state index is 0.236. The number of rotatable bonds is 2. The molecule has 1 saturated heterocycles. The number of thiocarbonyl (C=S) groups is 1. The Balaban J connectivity index is 2.05. The largest absolute Gasteiger partial charge is 0.389 e. The highest BCUT2D eigenvalue weighted by Crippen LogP contribution is 2.19. The van der Waals surface area contributed by atoms with Gasteiger partial charge in [0.25, 0.3) is 0 Å². The third-order valence-corrected chi connectivity index (χ3v) is 3.82. The zero-order valence-electron chi connectivity index (χ0n) is 11.9. The summed E-state index contributed by atoms with van der Waals surface area (Å²) in [5.41, 5.74) is 6.79. The van der Waals surface area contributed by atoms with E-state index in [0.717, 1.165) is 37.6 Å². The summed E-state index contributed by atoms with van der Waals surface area (Å²) in [4.78, 5) is 9.65. The molecule has 1 aromatic rings. The Bertz CT molecular complexity index is 459. The lowest BCUT2D eigenvalue weighted by Gasteiger charge is -2.42. The first-order valence-corrected chi connectivity index (χ1v) is 7.04. The van der Waals surface area contributed by atoms with Gasteiger partial charge in [-0.1, -0.05) is 12.2 Å². The van der Waals surface area contributed by atoms with Gasteiger partial charge in [0.2, 0.25) is 0 Å². The molecule has 0 amide bonds. The molecule has 0 radical (unpaired) electrons. The molecule has 104 valence electrons. The molecule has 0 aliphatic carbocycles. The minimum Gasteiger partial charge on any atom is -0.389 e. The Morgan fingerprint density at radius 2 is 1.89 bits per heavy atom. The van der Waals surface area contributed by atoms with Gasteiger partial charge in [0.05, 0.1) is 0 Å². The third-order valence-electron chi connectivity index (χ3n) is 3.58. The SMILES string of the molecule is CC(C)(C)N1CCN(c2cc(C(N)=S)ccn2)CC1. The summed E-state index contributed by atoms with van der Waals surface area (Å²) < 4.78 is 0. The fourth-order valence-electron chi connectivity index (χ4n) is 2.35. The number of aromatic nitrogens is 1. The average Bonchev–Trinajstić information content (AvgIpc) is 2.38. The molecule has 0 atom stereocenters. The third kappa shape index (κ3) is 3.42. The maximum absolute atomic E-state index is 5.67. The molecule has 5 heteroatoms. The summed E-state index contributed by atoms with van der Waals surface area (Å²) in [5, 5.41) is 0. The van der Waals surface area contributed by atoms with Crippen LogP contribution in [0.5, 0.6) is 0 Å². The Hall–Kier alpha value is -1.20. The van der Waals surface area contributed by atoms with Crippen molar-refractivity contribution in [3.05, 3.63) is 23.9 Å². The van der Waals surface area contributed by atoms with Crippen molar-refractivity contribution in [1.29, 1.82) is 0 Å². The molecule has 1 fully saturated rings. The van der Waals surface area contributed by atoms with Crippen LogP contribution in [0.15, 0.2) is 18.3 Å². The van der Waals surface area contributed by atoms with E-state index in [4.69, 9.17) is 18.0 Å². The van der Waals surface area contributed by atoms with Crippen molar-refractivity contribution in [3.63, 3.8) is 0 Å². The topological polar surface area (TPSA) is 45.4 Å². The number of anilines is 1. The molecular formula is C14H22N4S. The Morgan fingerprint density at radius 1 is 1.26 bits per heavy atom. The highest BCUT2D eigenvalue weighted by molar-refractivity contribution is 7.80. The summed E-state index contributed by atoms with van der Waals surface area (Å²) >= 11 is 5.01. The van der Waals surface area contributed by atoms with Gasteiger partial charge in [-0.3, -0.25) is 4.90 Å². The van der Waals surface area contributed by atoms with Crippen molar-refractivity contribution in [2.75, 3.05) is 31.1 Å². The molecule has 4 nitrogen and oxygen atoms in total. The summed E-state index contributed by atoms with van der Waals surface area (Å²) in [5.74, 6) is 0.971. The zero-order valence-corrected chi connectivity index (χ0v) is 12.7. The van der Waals surface area contributed by atoms with Crippen LogP contribution in [0.4, 0.5) is 5.82 Å². The van der Waals surface area contributed by atoms with E-state index in [9.17, 15) is 0 Å². The highest BCUT2D eigenvalue weighted by atomic mass is 32.1. The molecule has 1 aromatic heterocycles. The summed E-state index contributed by atoms with van der Waals surface area (Å²) in [7, 11) is 0. The first-order chi connectivity index (χ1) is 8.88. The van der Waals surface area contributed by atoms with Gasteiger partial charge in [-0.2, -0.15) is 0 Å². The molecule has 0 aromatic carbocycles. The van der Waals surface area contributed by atoms with Gasteiger partial charge in [-0.05, 0) is 32.9 Å². The molecule has 19 heavy (non-hydrogen) atoms. The van der Waals surface area contributed by atoms with Gasteiger partial charge < -0.3 is 10.6 Å². The first kappa shape index (κ1) is 14.2. The van der Waals surface area contributed by atoms with Crippen molar-refractivity contribution >= 4 is 23.0 Å². The monoisotopic (exact) mass is 278 g/mol. The average molecular weight is 278 g/mol. The van der Waals surface area contributed by atoms with E-state index in [1.807, 2.05) is 12.1 Å². The van der Waals surface area contributed by atoms with Crippen LogP contribution >= 0.6 is 12.2 Å². The molecule has 0 saturated carbocycles. The van der Waals surface area contributed by atoms with E-state index in [-0.39, 0.29) is 5.54 Å². The normalized spacial score (nSPS) is 17.5. The van der Waals surface area contributed by atoms with Crippen LogP contribution in [-0.4, -0.2) is 46.6 Å². The second-order valence-corrected chi connectivity index (χ2v) is 6.35. The van der Waals surface area contributed by atoms with Crippen LogP contribution in [0.3, 0.4) is 0 Å². The number of pyridine rings is 1. The minimum atomic E-state index is 0.236. The predicted molar refractivity (Wildman–Crippen MR) is 83.7 cm³/mol. The lowest BCUT2D eigenvalue weighted by Crippen LogP contribution is -2.53. The quantitative estimate of drug-likeness (QED) is 0.833. The molecule has 2 heterocycles. The van der Waals surface area contributed by atoms with Gasteiger partial charge in [-0.25, -0.2) is 4.98 Å². The predicted octanol–water partition coefficient (Wildman–Crippen LogP) is 1.64. The first-order valence-electron chi connectivity index (χ1n) is 6.64. The van der Waals surface area contributed by atoms with E-state index in [1.165, 1.54) is 0 Å². The van der Waals surface area contributed by atoms with Crippen LogP contribution in [-0.2, 0) is 0 Å². The van der Waals surface area contributed by atoms with Crippen LogP contribution < -0.4 is 10.6 Å². The van der Waals surface area contributed by atoms with Gasteiger partial charge in [0.15, 0.2) is 0 Å². The van der Waals surface area contributed by atoms with E-state index < -0.39 is 0 Å². The number of piperazine rings is 1. The molecule has 0 unspecified atom stereocenters. The van der Waals surface area contributed by atoms with Crippen molar-refractivity contribution in [3.8, 4) is 0 Å². The number of nitrogens with two attached hydrogens (primary N) is 1. The van der Waals surface area contributed by atoms with Crippen molar-refractivity contribution in [2.45, 2.75) is 26.3 Å². The maximum Gasteiger partial charge on any atom is 0.129 e. The Morgan fingerprint density at radius 3 is 2.42 bits per heavy atom. The molecule has 0 spiro atoms. The molecule has 2 N–H and O–H groups in total. The van der Waals surface area contributed by atoms with Gasteiger partial charge >= 0.3 is 0 Å². The van der Waals surface area contributed by atoms with E-state index in [2.05, 4.69) is 35.6 Å². The standard InChI is InChI=1S/C14H22N4S/c1-14(2,3)18-8-6-17(7-9-18)12-10-11(13(15)19)4-5-16-12/h4-5,10H,6-9H2,1-3H3,(H2,15,19). The van der Waals surface area contributed by atoms with E-state index in [1.54, 1.807) is 6.20 Å². The number of hydrogen-bond donors (Lipinski definition) is 1. The highest BCUT2D eigenvalue weighted by Gasteiger charge is 2.26. The lowest BCUT2D eigenvalue weighted by molar-refractivity contribution is 0.128. The van der Waals surface area contributed by atoms with Gasteiger partial charge in [0.1, 0.15) is 10.8 Å². The van der Waals surface area contributed by atoms with Crippen LogP contribution in [0.1, 0.15) is 26.3 Å². The van der Waals surface area contributed by atoms with E-state index in [0.29, 0.717) is 4.99 Å². The second kappa shape index (κ2) is 5.43. The van der Waals surface area contributed by atoms with Gasteiger partial charge in [0, 0.05) is 43.5 Å². The lowest BCUT2D eigenvalue weighted by atomic mass is 10.0. The molecule has 1 aliphatic heterocycles. The van der Waals surface area contributed by atoms with Crippen molar-refractivity contribution < 1.29 is 0 Å². The second-order valence-electron chi connectivity index (χ2n) is 5.91. The molecule has 2 rings (SSSR count). The summed E-state index contributed by atoms with van der Waals surface area (Å²) in [6.45, 7) is 10.9. The molecule has 1 aliphatic rings. The summed E-state index contributed by atoms with van der Waals surface area (Å²) in [6, 6.07) is 3.84. The Labute approximate surface area is 120 Å². The van der Waals surface area contributed by atoms with Crippen molar-refractivity contribution in [2.24, 2.45) is 5.73 Å². The number of nitrogens with zero attached hydrogens (tertiary/aromatic N) is 3. The molecule has 0 bridgehead atoms. The number of hydrogen-bond acceptors (Lipinski definition) is 4. The molecular weight excluding hydrogens is 256 g/mol. The van der Waals surface area contributed by atoms with Crippen LogP contribution in [0.25, 0.3) is 0 Å². The fourth-order valence-corrected chi connectivity index (χ4v) is 2.48. The van der Waals surface area contributed by atoms with E-state index >= 15 is 0 Å². The summed E-state index contributed by atoms with van der Waals surface area (Å²) in [6.07, 6.45) is 1.78. The van der Waals surface area contributed by atoms with Crippen LogP contribution in [0.2, 0.25) is 0 Å².